The number of aryl methyl sites for hydroxylation is 1. The van der Waals surface area contributed by atoms with Crippen molar-refractivity contribution in [1.29, 1.82) is 0 Å². The van der Waals surface area contributed by atoms with Gasteiger partial charge in [0.25, 0.3) is 0 Å². The van der Waals surface area contributed by atoms with Gasteiger partial charge in [0.1, 0.15) is 17.3 Å². The highest BCUT2D eigenvalue weighted by molar-refractivity contribution is 5.82. The Morgan fingerprint density at radius 2 is 1.59 bits per heavy atom. The molecule has 0 amide bonds. The Morgan fingerprint density at radius 1 is 0.931 bits per heavy atom. The van der Waals surface area contributed by atoms with Gasteiger partial charge in [-0.1, -0.05) is 23.8 Å². The number of benzene rings is 3. The number of hydrogen-bond acceptors (Lipinski definition) is 4. The normalized spacial score (nSPS) is 14.3. The average molecular weight is 390 g/mol. The molecule has 1 fully saturated rings. The zero-order valence-electron chi connectivity index (χ0n) is 16.3. The summed E-state index contributed by atoms with van der Waals surface area (Å²) in [5.74, 6) is 1.30. The summed E-state index contributed by atoms with van der Waals surface area (Å²) in [6, 6.07) is 20.6. The molecule has 0 atom stereocenters. The van der Waals surface area contributed by atoms with Crippen LogP contribution >= 0.6 is 0 Å². The molecule has 0 saturated carbocycles. The molecule has 0 bridgehead atoms. The predicted octanol–water partition coefficient (Wildman–Crippen LogP) is 5.51. The van der Waals surface area contributed by atoms with Crippen LogP contribution in [0.1, 0.15) is 11.1 Å². The molecule has 0 spiro atoms. The van der Waals surface area contributed by atoms with E-state index in [0.717, 1.165) is 22.7 Å². The zero-order valence-corrected chi connectivity index (χ0v) is 16.3. The number of morpholine rings is 1. The van der Waals surface area contributed by atoms with Crippen LogP contribution in [0.5, 0.6) is 11.5 Å². The molecule has 0 N–H and O–H groups in total. The second kappa shape index (κ2) is 8.88. The molecule has 0 unspecified atom stereocenters. The summed E-state index contributed by atoms with van der Waals surface area (Å²) in [4.78, 5) is 6.45. The summed E-state index contributed by atoms with van der Waals surface area (Å²) >= 11 is 0. The number of rotatable bonds is 5. The fourth-order valence-electron chi connectivity index (χ4n) is 3.16. The van der Waals surface area contributed by atoms with Crippen molar-refractivity contribution < 1.29 is 13.9 Å². The van der Waals surface area contributed by atoms with E-state index in [0.29, 0.717) is 32.0 Å². The van der Waals surface area contributed by atoms with Crippen LogP contribution in [-0.4, -0.2) is 32.5 Å². The fraction of sp³-hybridized carbons (Fsp3) is 0.208. The second-order valence-corrected chi connectivity index (χ2v) is 6.98. The quantitative estimate of drug-likeness (QED) is 0.539. The minimum atomic E-state index is -0.238. The molecule has 0 aromatic heterocycles. The first kappa shape index (κ1) is 19.2. The van der Waals surface area contributed by atoms with E-state index in [9.17, 15) is 4.39 Å². The summed E-state index contributed by atoms with van der Waals surface area (Å²) in [5, 5.41) is 0. The van der Waals surface area contributed by atoms with Crippen LogP contribution in [0.2, 0.25) is 0 Å². The number of anilines is 1. The van der Waals surface area contributed by atoms with E-state index < -0.39 is 0 Å². The average Bonchev–Trinajstić information content (AvgIpc) is 2.75. The van der Waals surface area contributed by atoms with Gasteiger partial charge in [-0.05, 0) is 61.0 Å². The lowest BCUT2D eigenvalue weighted by Crippen LogP contribution is -2.36. The Bertz CT molecular complexity index is 979. The number of nitrogens with zero attached hydrogens (tertiary/aromatic N) is 2. The van der Waals surface area contributed by atoms with Gasteiger partial charge in [0, 0.05) is 19.3 Å². The Morgan fingerprint density at radius 3 is 2.24 bits per heavy atom. The van der Waals surface area contributed by atoms with Crippen LogP contribution in [-0.2, 0) is 4.74 Å². The topological polar surface area (TPSA) is 34.1 Å². The van der Waals surface area contributed by atoms with Gasteiger partial charge in [-0.3, -0.25) is 4.99 Å². The molecule has 0 aliphatic carbocycles. The maximum Gasteiger partial charge on any atom is 0.147 e. The molecular weight excluding hydrogens is 367 g/mol. The number of aliphatic imine (C=N–C) groups is 1. The van der Waals surface area contributed by atoms with E-state index in [1.165, 1.54) is 11.6 Å². The van der Waals surface area contributed by atoms with Crippen molar-refractivity contribution in [2.24, 2.45) is 4.99 Å². The van der Waals surface area contributed by atoms with Gasteiger partial charge in [-0.15, -0.1) is 0 Å². The zero-order chi connectivity index (χ0) is 20.1. The third-order valence-corrected chi connectivity index (χ3v) is 4.78. The highest BCUT2D eigenvalue weighted by Gasteiger charge is 2.14. The largest absolute Gasteiger partial charge is 0.457 e. The van der Waals surface area contributed by atoms with Crippen LogP contribution in [0, 0.1) is 12.7 Å². The SMILES string of the molecule is Cc1ccc(Oc2ccc(N=Cc3ccc(N4CCOCC4)c(F)c3)cc2)cc1. The molecule has 0 radical (unpaired) electrons. The van der Waals surface area contributed by atoms with Crippen molar-refractivity contribution in [1.82, 2.24) is 0 Å². The van der Waals surface area contributed by atoms with Gasteiger partial charge >= 0.3 is 0 Å². The Balaban J connectivity index is 1.40. The van der Waals surface area contributed by atoms with E-state index in [4.69, 9.17) is 9.47 Å². The molecule has 3 aromatic rings. The Kier molecular flexibility index (Phi) is 5.86. The Labute approximate surface area is 170 Å². The van der Waals surface area contributed by atoms with E-state index >= 15 is 0 Å². The minimum absolute atomic E-state index is 0.238. The number of halogens is 1. The molecule has 148 valence electrons. The summed E-state index contributed by atoms with van der Waals surface area (Å²) in [6.45, 7) is 4.72. The first-order chi connectivity index (χ1) is 14.2. The van der Waals surface area contributed by atoms with Gasteiger partial charge in [0.05, 0.1) is 24.6 Å². The van der Waals surface area contributed by atoms with Gasteiger partial charge in [0.15, 0.2) is 0 Å². The van der Waals surface area contributed by atoms with E-state index in [2.05, 4.69) is 4.99 Å². The predicted molar refractivity (Wildman–Crippen MR) is 114 cm³/mol. The molecule has 1 aliphatic heterocycles. The monoisotopic (exact) mass is 390 g/mol. The van der Waals surface area contributed by atoms with E-state index in [1.54, 1.807) is 12.3 Å². The lowest BCUT2D eigenvalue weighted by molar-refractivity contribution is 0.122. The van der Waals surface area contributed by atoms with Crippen molar-refractivity contribution in [3.05, 3.63) is 83.7 Å². The lowest BCUT2D eigenvalue weighted by atomic mass is 10.2. The van der Waals surface area contributed by atoms with Gasteiger partial charge < -0.3 is 14.4 Å². The van der Waals surface area contributed by atoms with Gasteiger partial charge in [0.2, 0.25) is 0 Å². The molecule has 29 heavy (non-hydrogen) atoms. The molecule has 4 rings (SSSR count). The van der Waals surface area contributed by atoms with Crippen LogP contribution in [0.25, 0.3) is 0 Å². The highest BCUT2D eigenvalue weighted by Crippen LogP contribution is 2.25. The highest BCUT2D eigenvalue weighted by atomic mass is 19.1. The molecule has 3 aromatic carbocycles. The molecule has 5 heteroatoms. The summed E-state index contributed by atoms with van der Waals surface area (Å²) in [7, 11) is 0. The van der Waals surface area contributed by atoms with Crippen LogP contribution in [0.15, 0.2) is 71.7 Å². The molecule has 1 saturated heterocycles. The van der Waals surface area contributed by atoms with Crippen molar-refractivity contribution in [3.8, 4) is 11.5 Å². The maximum absolute atomic E-state index is 14.5. The number of hydrogen-bond donors (Lipinski definition) is 0. The van der Waals surface area contributed by atoms with Crippen LogP contribution in [0.3, 0.4) is 0 Å². The van der Waals surface area contributed by atoms with Crippen molar-refractivity contribution >= 4 is 17.6 Å². The number of ether oxygens (including phenoxy) is 2. The van der Waals surface area contributed by atoms with Crippen LogP contribution < -0.4 is 9.64 Å². The summed E-state index contributed by atoms with van der Waals surface area (Å²) in [5.41, 5.74) is 3.30. The third kappa shape index (κ3) is 5.00. The minimum Gasteiger partial charge on any atom is -0.457 e. The van der Waals surface area contributed by atoms with Crippen molar-refractivity contribution in [2.75, 3.05) is 31.2 Å². The second-order valence-electron chi connectivity index (χ2n) is 6.98. The molecule has 4 nitrogen and oxygen atoms in total. The maximum atomic E-state index is 14.5. The van der Waals surface area contributed by atoms with Crippen molar-refractivity contribution in [3.63, 3.8) is 0 Å². The fourth-order valence-corrected chi connectivity index (χ4v) is 3.16. The standard InChI is InChI=1S/C24H23FN2O2/c1-18-2-7-21(8-3-18)29-22-9-5-20(6-10-22)26-17-19-4-11-24(23(25)16-19)27-12-14-28-15-13-27/h2-11,16-17H,12-15H2,1H3. The molecular formula is C24H23FN2O2. The van der Waals surface area contributed by atoms with E-state index in [1.807, 2.05) is 66.4 Å². The smallest absolute Gasteiger partial charge is 0.147 e. The third-order valence-electron chi connectivity index (χ3n) is 4.78. The van der Waals surface area contributed by atoms with Crippen LogP contribution in [0.4, 0.5) is 15.8 Å². The molecule has 1 heterocycles. The van der Waals surface area contributed by atoms with Gasteiger partial charge in [-0.2, -0.15) is 0 Å². The van der Waals surface area contributed by atoms with Gasteiger partial charge in [-0.25, -0.2) is 4.39 Å². The molecule has 1 aliphatic rings. The van der Waals surface area contributed by atoms with Crippen molar-refractivity contribution in [2.45, 2.75) is 6.92 Å². The first-order valence-corrected chi connectivity index (χ1v) is 9.68. The van der Waals surface area contributed by atoms with E-state index in [-0.39, 0.29) is 5.82 Å². The Hall–Kier alpha value is -3.18. The summed E-state index contributed by atoms with van der Waals surface area (Å²) < 4.78 is 25.6. The first-order valence-electron chi connectivity index (χ1n) is 9.68. The summed E-state index contributed by atoms with van der Waals surface area (Å²) in [6.07, 6.45) is 1.67. The lowest BCUT2D eigenvalue weighted by Gasteiger charge is -2.29.